The van der Waals surface area contributed by atoms with Crippen molar-refractivity contribution >= 4 is 39.0 Å². The van der Waals surface area contributed by atoms with Crippen LogP contribution >= 0.6 is 23.1 Å². The average Bonchev–Trinajstić information content (AvgIpc) is 2.84. The zero-order valence-corrected chi connectivity index (χ0v) is 9.90. The number of anilines is 1. The van der Waals surface area contributed by atoms with Gasteiger partial charge < -0.3 is 5.73 Å². The Labute approximate surface area is 96.9 Å². The maximum absolute atomic E-state index is 5.76. The summed E-state index contributed by atoms with van der Waals surface area (Å²) in [4.78, 5) is 4.68. The first-order valence-electron chi connectivity index (χ1n) is 5.10. The lowest BCUT2D eigenvalue weighted by Gasteiger charge is -2.01. The number of benzene rings is 1. The van der Waals surface area contributed by atoms with E-state index >= 15 is 0 Å². The summed E-state index contributed by atoms with van der Waals surface area (Å²) in [6.07, 6.45) is 2.60. The molecule has 0 spiro atoms. The van der Waals surface area contributed by atoms with E-state index in [0.717, 1.165) is 11.2 Å². The molecule has 4 heteroatoms. The van der Waals surface area contributed by atoms with Crippen LogP contribution in [0.15, 0.2) is 18.2 Å². The highest BCUT2D eigenvalue weighted by atomic mass is 32.2. The first kappa shape index (κ1) is 9.48. The van der Waals surface area contributed by atoms with E-state index in [2.05, 4.69) is 4.98 Å². The van der Waals surface area contributed by atoms with Gasteiger partial charge in [0.15, 0.2) is 0 Å². The molecule has 0 radical (unpaired) electrons. The zero-order chi connectivity index (χ0) is 10.3. The molecule has 78 valence electrons. The molecule has 1 aromatic carbocycles. The van der Waals surface area contributed by atoms with E-state index in [1.54, 1.807) is 11.3 Å². The van der Waals surface area contributed by atoms with Gasteiger partial charge in [0.25, 0.3) is 0 Å². The molecule has 1 aliphatic heterocycles. The van der Waals surface area contributed by atoms with Crippen molar-refractivity contribution in [3.63, 3.8) is 0 Å². The van der Waals surface area contributed by atoms with E-state index in [4.69, 9.17) is 5.73 Å². The van der Waals surface area contributed by atoms with Crippen LogP contribution in [0.25, 0.3) is 10.2 Å². The summed E-state index contributed by atoms with van der Waals surface area (Å²) < 4.78 is 1.22. The van der Waals surface area contributed by atoms with Crippen LogP contribution < -0.4 is 5.73 Å². The normalized spacial score (nSPS) is 21.2. The summed E-state index contributed by atoms with van der Waals surface area (Å²) in [5.74, 6) is 1.28. The van der Waals surface area contributed by atoms with Crippen LogP contribution in [0.1, 0.15) is 23.1 Å². The molecule has 1 aliphatic rings. The zero-order valence-electron chi connectivity index (χ0n) is 8.27. The molecular weight excluding hydrogens is 224 g/mol. The molecule has 3 rings (SSSR count). The Kier molecular flexibility index (Phi) is 2.33. The monoisotopic (exact) mass is 236 g/mol. The second-order valence-corrected chi connectivity index (χ2v) is 6.15. The van der Waals surface area contributed by atoms with Gasteiger partial charge in [-0.2, -0.15) is 11.8 Å². The number of thioether (sulfide) groups is 1. The van der Waals surface area contributed by atoms with Gasteiger partial charge >= 0.3 is 0 Å². The number of aromatic nitrogens is 1. The van der Waals surface area contributed by atoms with Gasteiger partial charge in [0, 0.05) is 5.69 Å². The highest BCUT2D eigenvalue weighted by molar-refractivity contribution is 7.99. The Hall–Kier alpha value is -0.740. The summed E-state index contributed by atoms with van der Waals surface area (Å²) in [5.41, 5.74) is 7.68. The number of hydrogen-bond donors (Lipinski definition) is 1. The Morgan fingerprint density at radius 1 is 1.40 bits per heavy atom. The number of hydrogen-bond acceptors (Lipinski definition) is 4. The van der Waals surface area contributed by atoms with Gasteiger partial charge in [0.1, 0.15) is 5.01 Å². The largest absolute Gasteiger partial charge is 0.399 e. The Balaban J connectivity index is 2.05. The first-order chi connectivity index (χ1) is 7.33. The maximum Gasteiger partial charge on any atom is 0.107 e. The third kappa shape index (κ3) is 1.72. The van der Waals surface area contributed by atoms with Crippen molar-refractivity contribution in [1.82, 2.24) is 4.98 Å². The summed E-state index contributed by atoms with van der Waals surface area (Å²) in [6.45, 7) is 0. The number of thiazole rings is 1. The van der Waals surface area contributed by atoms with Crippen LogP contribution in [0, 0.1) is 0 Å². The molecule has 2 nitrogen and oxygen atoms in total. The smallest absolute Gasteiger partial charge is 0.107 e. The lowest BCUT2D eigenvalue weighted by Crippen LogP contribution is -1.85. The van der Waals surface area contributed by atoms with Crippen LogP contribution in [0.3, 0.4) is 0 Å². The highest BCUT2D eigenvalue weighted by Gasteiger charge is 2.21. The molecule has 0 aliphatic carbocycles. The topological polar surface area (TPSA) is 38.9 Å². The first-order valence-corrected chi connectivity index (χ1v) is 6.97. The third-order valence-electron chi connectivity index (χ3n) is 2.63. The number of nitrogens with two attached hydrogens (primary N) is 1. The van der Waals surface area contributed by atoms with Crippen molar-refractivity contribution in [3.05, 3.63) is 23.2 Å². The minimum Gasteiger partial charge on any atom is -0.399 e. The third-order valence-corrected chi connectivity index (χ3v) is 5.30. The maximum atomic E-state index is 5.76. The highest BCUT2D eigenvalue weighted by Crippen LogP contribution is 2.42. The van der Waals surface area contributed by atoms with E-state index < -0.39 is 0 Å². The fourth-order valence-corrected chi connectivity index (χ4v) is 4.40. The molecule has 0 saturated carbocycles. The van der Waals surface area contributed by atoms with E-state index in [9.17, 15) is 0 Å². The molecule has 1 fully saturated rings. The number of nitrogens with zero attached hydrogens (tertiary/aromatic N) is 1. The molecule has 1 aromatic heterocycles. The van der Waals surface area contributed by atoms with Crippen molar-refractivity contribution in [2.24, 2.45) is 0 Å². The Morgan fingerprint density at radius 3 is 3.13 bits per heavy atom. The minimum atomic E-state index is 0.628. The molecule has 15 heavy (non-hydrogen) atoms. The van der Waals surface area contributed by atoms with Gasteiger partial charge in [0.2, 0.25) is 0 Å². The van der Waals surface area contributed by atoms with Crippen molar-refractivity contribution in [1.29, 1.82) is 0 Å². The van der Waals surface area contributed by atoms with E-state index in [1.165, 1.54) is 28.3 Å². The van der Waals surface area contributed by atoms with E-state index in [1.807, 2.05) is 30.0 Å². The van der Waals surface area contributed by atoms with E-state index in [0.29, 0.717) is 5.25 Å². The van der Waals surface area contributed by atoms with Crippen LogP contribution in [-0.2, 0) is 0 Å². The SMILES string of the molecule is Nc1ccc2nc(C3CCCS3)sc2c1. The summed E-state index contributed by atoms with van der Waals surface area (Å²) in [6, 6.07) is 5.97. The van der Waals surface area contributed by atoms with E-state index in [-0.39, 0.29) is 0 Å². The molecule has 0 bridgehead atoms. The summed E-state index contributed by atoms with van der Waals surface area (Å²) in [5, 5.41) is 1.90. The van der Waals surface area contributed by atoms with Crippen molar-refractivity contribution in [3.8, 4) is 0 Å². The molecule has 0 amide bonds. The second-order valence-electron chi connectivity index (χ2n) is 3.78. The minimum absolute atomic E-state index is 0.628. The summed E-state index contributed by atoms with van der Waals surface area (Å²) >= 11 is 3.83. The predicted molar refractivity (Wildman–Crippen MR) is 68.5 cm³/mol. The van der Waals surface area contributed by atoms with Crippen molar-refractivity contribution < 1.29 is 0 Å². The van der Waals surface area contributed by atoms with Crippen molar-refractivity contribution in [2.75, 3.05) is 11.5 Å². The quantitative estimate of drug-likeness (QED) is 0.771. The van der Waals surface area contributed by atoms with Crippen LogP contribution in [-0.4, -0.2) is 10.7 Å². The van der Waals surface area contributed by atoms with Crippen LogP contribution in [0.2, 0.25) is 0 Å². The fourth-order valence-electron chi connectivity index (χ4n) is 1.87. The summed E-state index contributed by atoms with van der Waals surface area (Å²) in [7, 11) is 0. The van der Waals surface area contributed by atoms with Gasteiger partial charge in [-0.3, -0.25) is 0 Å². The lowest BCUT2D eigenvalue weighted by molar-refractivity contribution is 0.825. The molecule has 1 atom stereocenters. The average molecular weight is 236 g/mol. The standard InChI is InChI=1S/C11H12N2S2/c12-7-3-4-8-10(6-7)15-11(13-8)9-2-1-5-14-9/h3-4,6,9H,1-2,5,12H2. The van der Waals surface area contributed by atoms with Gasteiger partial charge in [-0.25, -0.2) is 4.98 Å². The molecular formula is C11H12N2S2. The number of fused-ring (bicyclic) bond motifs is 1. The molecule has 1 saturated heterocycles. The van der Waals surface area contributed by atoms with Gasteiger partial charge in [-0.1, -0.05) is 0 Å². The molecule has 2 N–H and O–H groups in total. The van der Waals surface area contributed by atoms with Gasteiger partial charge in [-0.05, 0) is 36.8 Å². The van der Waals surface area contributed by atoms with Gasteiger partial charge in [-0.15, -0.1) is 11.3 Å². The molecule has 2 aromatic rings. The van der Waals surface area contributed by atoms with Crippen LogP contribution in [0.5, 0.6) is 0 Å². The number of rotatable bonds is 1. The molecule has 1 unspecified atom stereocenters. The molecule has 2 heterocycles. The van der Waals surface area contributed by atoms with Crippen LogP contribution in [0.4, 0.5) is 5.69 Å². The predicted octanol–water partition coefficient (Wildman–Crippen LogP) is 3.45. The van der Waals surface area contributed by atoms with Crippen molar-refractivity contribution in [2.45, 2.75) is 18.1 Å². The number of nitrogen functional groups attached to an aromatic ring is 1. The van der Waals surface area contributed by atoms with Gasteiger partial charge in [0.05, 0.1) is 15.5 Å². The second kappa shape index (κ2) is 3.68. The fraction of sp³-hybridized carbons (Fsp3) is 0.364. The Morgan fingerprint density at radius 2 is 2.33 bits per heavy atom. The lowest BCUT2D eigenvalue weighted by atomic mass is 10.2. The Bertz CT molecular complexity index is 486.